The Morgan fingerprint density at radius 1 is 1.05 bits per heavy atom. The molecule has 0 spiro atoms. The minimum atomic E-state index is -3.16. The molecule has 0 saturated carbocycles. The number of rotatable bonds is 4. The summed E-state index contributed by atoms with van der Waals surface area (Å²) >= 11 is 0. The van der Waals surface area contributed by atoms with Crippen molar-refractivity contribution in [1.29, 1.82) is 0 Å². The zero-order chi connectivity index (χ0) is 15.7. The van der Waals surface area contributed by atoms with E-state index >= 15 is 0 Å². The largest absolute Gasteiger partial charge is 0.459 e. The number of benzene rings is 2. The first-order valence-electron chi connectivity index (χ1n) is 6.98. The van der Waals surface area contributed by atoms with Gasteiger partial charge in [0.2, 0.25) is 0 Å². The lowest BCUT2D eigenvalue weighted by Gasteiger charge is -2.13. The molecule has 1 atom stereocenters. The van der Waals surface area contributed by atoms with E-state index in [9.17, 15) is 8.42 Å². The van der Waals surface area contributed by atoms with Crippen LogP contribution in [0.4, 0.5) is 5.69 Å². The highest BCUT2D eigenvalue weighted by molar-refractivity contribution is 7.90. The van der Waals surface area contributed by atoms with Gasteiger partial charge in [0.25, 0.3) is 0 Å². The molecule has 0 unspecified atom stereocenters. The highest BCUT2D eigenvalue weighted by Crippen LogP contribution is 2.26. The third-order valence-corrected chi connectivity index (χ3v) is 4.67. The molecule has 0 aliphatic rings. The molecule has 4 nitrogen and oxygen atoms in total. The first kappa shape index (κ1) is 14.7. The van der Waals surface area contributed by atoms with Crippen molar-refractivity contribution in [2.24, 2.45) is 0 Å². The molecule has 1 heterocycles. The van der Waals surface area contributed by atoms with E-state index in [-0.39, 0.29) is 6.04 Å². The van der Waals surface area contributed by atoms with Crippen molar-refractivity contribution >= 4 is 26.5 Å². The maximum Gasteiger partial charge on any atom is 0.175 e. The average Bonchev–Trinajstić information content (AvgIpc) is 2.91. The van der Waals surface area contributed by atoms with E-state index in [1.54, 1.807) is 24.3 Å². The van der Waals surface area contributed by atoms with Crippen LogP contribution in [-0.2, 0) is 9.84 Å². The second kappa shape index (κ2) is 5.50. The molecular weight excluding hydrogens is 298 g/mol. The Hall–Kier alpha value is -2.27. The van der Waals surface area contributed by atoms with Crippen molar-refractivity contribution < 1.29 is 12.8 Å². The summed E-state index contributed by atoms with van der Waals surface area (Å²) in [5.74, 6) is 0.841. The van der Waals surface area contributed by atoms with Gasteiger partial charge in [0.15, 0.2) is 9.84 Å². The van der Waals surface area contributed by atoms with Gasteiger partial charge in [-0.2, -0.15) is 0 Å². The Balaban J connectivity index is 1.80. The predicted molar refractivity (Wildman–Crippen MR) is 87.8 cm³/mol. The van der Waals surface area contributed by atoms with Crippen LogP contribution in [0.25, 0.3) is 11.0 Å². The third kappa shape index (κ3) is 2.99. The number of nitrogens with one attached hydrogen (secondary N) is 1. The smallest absolute Gasteiger partial charge is 0.175 e. The fourth-order valence-corrected chi connectivity index (χ4v) is 2.97. The quantitative estimate of drug-likeness (QED) is 0.790. The lowest BCUT2D eigenvalue weighted by Crippen LogP contribution is -2.05. The summed E-state index contributed by atoms with van der Waals surface area (Å²) in [6.45, 7) is 2.00. The van der Waals surface area contributed by atoms with Crippen LogP contribution in [0.2, 0.25) is 0 Å². The van der Waals surface area contributed by atoms with Gasteiger partial charge < -0.3 is 9.73 Å². The maximum atomic E-state index is 11.5. The van der Waals surface area contributed by atoms with Gasteiger partial charge in [-0.15, -0.1) is 0 Å². The molecule has 2 aromatic carbocycles. The topological polar surface area (TPSA) is 59.3 Å². The van der Waals surface area contributed by atoms with Gasteiger partial charge in [-0.3, -0.25) is 0 Å². The Morgan fingerprint density at radius 3 is 2.36 bits per heavy atom. The molecule has 22 heavy (non-hydrogen) atoms. The summed E-state index contributed by atoms with van der Waals surface area (Å²) in [6, 6.07) is 16.6. The summed E-state index contributed by atoms with van der Waals surface area (Å²) in [6.07, 6.45) is 1.20. The van der Waals surface area contributed by atoms with Crippen LogP contribution in [-0.4, -0.2) is 14.7 Å². The first-order chi connectivity index (χ1) is 10.4. The number of para-hydroxylation sites is 1. The van der Waals surface area contributed by atoms with Crippen LogP contribution in [0.3, 0.4) is 0 Å². The second-order valence-corrected chi connectivity index (χ2v) is 7.36. The standard InChI is InChI=1S/C17H17NO3S/c1-12(17-11-13-5-3-4-6-16(13)21-17)18-14-7-9-15(10-8-14)22(2,19)20/h3-12,18H,1-2H3/t12-/m1/s1. The minimum Gasteiger partial charge on any atom is -0.459 e. The van der Waals surface area contributed by atoms with E-state index in [1.165, 1.54) is 6.26 Å². The van der Waals surface area contributed by atoms with Gasteiger partial charge in [-0.1, -0.05) is 18.2 Å². The van der Waals surface area contributed by atoms with Gasteiger partial charge in [-0.05, 0) is 43.3 Å². The molecule has 1 N–H and O–H groups in total. The summed E-state index contributed by atoms with van der Waals surface area (Å²) in [7, 11) is -3.16. The van der Waals surface area contributed by atoms with Crippen LogP contribution in [0.5, 0.6) is 0 Å². The highest BCUT2D eigenvalue weighted by atomic mass is 32.2. The second-order valence-electron chi connectivity index (χ2n) is 5.35. The average molecular weight is 315 g/mol. The molecular formula is C17H17NO3S. The number of hydrogen-bond donors (Lipinski definition) is 1. The van der Waals surface area contributed by atoms with E-state index in [4.69, 9.17) is 4.42 Å². The van der Waals surface area contributed by atoms with Gasteiger partial charge in [0, 0.05) is 17.3 Å². The summed E-state index contributed by atoms with van der Waals surface area (Å²) in [4.78, 5) is 0.314. The fraction of sp³-hybridized carbons (Fsp3) is 0.176. The molecule has 0 bridgehead atoms. The van der Waals surface area contributed by atoms with E-state index in [0.717, 1.165) is 22.4 Å². The molecule has 1 aromatic heterocycles. The molecule has 0 amide bonds. The van der Waals surface area contributed by atoms with Crippen molar-refractivity contribution in [3.8, 4) is 0 Å². The van der Waals surface area contributed by atoms with Crippen LogP contribution >= 0.6 is 0 Å². The van der Waals surface area contributed by atoms with Gasteiger partial charge in [0.05, 0.1) is 10.9 Å². The number of hydrogen-bond acceptors (Lipinski definition) is 4. The van der Waals surface area contributed by atoms with Crippen LogP contribution in [0, 0.1) is 0 Å². The summed E-state index contributed by atoms with van der Waals surface area (Å²) in [5, 5.41) is 4.38. The molecule has 3 aromatic rings. The fourth-order valence-electron chi connectivity index (χ4n) is 2.34. The molecule has 114 valence electrons. The number of furan rings is 1. The van der Waals surface area contributed by atoms with Crippen LogP contribution < -0.4 is 5.32 Å². The molecule has 3 rings (SSSR count). The number of sulfone groups is 1. The third-order valence-electron chi connectivity index (χ3n) is 3.54. The Labute approximate surface area is 129 Å². The van der Waals surface area contributed by atoms with Crippen molar-refractivity contribution in [3.05, 3.63) is 60.4 Å². The predicted octanol–water partition coefficient (Wildman–Crippen LogP) is 4.01. The van der Waals surface area contributed by atoms with Gasteiger partial charge in [0.1, 0.15) is 11.3 Å². The van der Waals surface area contributed by atoms with E-state index in [0.29, 0.717) is 4.90 Å². The Kier molecular flexibility index (Phi) is 3.66. The highest BCUT2D eigenvalue weighted by Gasteiger charge is 2.12. The Morgan fingerprint density at radius 2 is 1.73 bits per heavy atom. The van der Waals surface area contributed by atoms with Crippen molar-refractivity contribution in [3.63, 3.8) is 0 Å². The lowest BCUT2D eigenvalue weighted by atomic mass is 10.2. The van der Waals surface area contributed by atoms with E-state index < -0.39 is 9.84 Å². The van der Waals surface area contributed by atoms with Crippen molar-refractivity contribution in [1.82, 2.24) is 0 Å². The van der Waals surface area contributed by atoms with Crippen LogP contribution in [0.1, 0.15) is 18.7 Å². The molecule has 0 aliphatic heterocycles. The molecule has 0 aliphatic carbocycles. The molecule has 5 heteroatoms. The Bertz CT molecular complexity index is 862. The maximum absolute atomic E-state index is 11.5. The first-order valence-corrected chi connectivity index (χ1v) is 8.88. The summed E-state index contributed by atoms with van der Waals surface area (Å²) in [5.41, 5.74) is 1.71. The normalized spacial score (nSPS) is 13.2. The molecule has 0 radical (unpaired) electrons. The monoisotopic (exact) mass is 315 g/mol. The van der Waals surface area contributed by atoms with E-state index in [1.807, 2.05) is 37.3 Å². The lowest BCUT2D eigenvalue weighted by molar-refractivity contribution is 0.526. The van der Waals surface area contributed by atoms with Crippen LogP contribution in [0.15, 0.2) is 63.9 Å². The van der Waals surface area contributed by atoms with Gasteiger partial charge >= 0.3 is 0 Å². The van der Waals surface area contributed by atoms with Gasteiger partial charge in [-0.25, -0.2) is 8.42 Å². The van der Waals surface area contributed by atoms with E-state index in [2.05, 4.69) is 5.32 Å². The summed E-state index contributed by atoms with van der Waals surface area (Å²) < 4.78 is 28.7. The zero-order valence-corrected chi connectivity index (χ0v) is 13.2. The van der Waals surface area contributed by atoms with Crippen molar-refractivity contribution in [2.75, 3.05) is 11.6 Å². The SMILES string of the molecule is C[C@@H](Nc1ccc(S(C)(=O)=O)cc1)c1cc2ccccc2o1. The minimum absolute atomic E-state index is 0.0171. The number of anilines is 1. The van der Waals surface area contributed by atoms with Crippen molar-refractivity contribution in [2.45, 2.75) is 17.9 Å². The number of fused-ring (bicyclic) bond motifs is 1. The zero-order valence-electron chi connectivity index (χ0n) is 12.4. The molecule has 0 fully saturated rings. The molecule has 0 saturated heterocycles.